The molecular formula is C10H16ClN3O2. The van der Waals surface area contributed by atoms with E-state index in [0.717, 1.165) is 19.6 Å². The number of nitrogens with zero attached hydrogens (tertiary/aromatic N) is 2. The molecule has 1 amide bonds. The molecule has 1 saturated heterocycles. The topological polar surface area (TPSA) is 58.4 Å². The van der Waals surface area contributed by atoms with Crippen molar-refractivity contribution in [3.05, 3.63) is 17.5 Å². The number of aryl methyl sites for hydroxylation is 1. The van der Waals surface area contributed by atoms with Crippen molar-refractivity contribution < 1.29 is 9.32 Å². The van der Waals surface area contributed by atoms with E-state index < -0.39 is 0 Å². The van der Waals surface area contributed by atoms with Gasteiger partial charge in [0.1, 0.15) is 5.76 Å². The summed E-state index contributed by atoms with van der Waals surface area (Å²) in [5.41, 5.74) is 0.404. The zero-order valence-electron chi connectivity index (χ0n) is 9.40. The van der Waals surface area contributed by atoms with Gasteiger partial charge >= 0.3 is 0 Å². The van der Waals surface area contributed by atoms with E-state index in [9.17, 15) is 4.79 Å². The van der Waals surface area contributed by atoms with Gasteiger partial charge in [-0.2, -0.15) is 0 Å². The lowest BCUT2D eigenvalue weighted by molar-refractivity contribution is 0.0698. The fourth-order valence-corrected chi connectivity index (χ4v) is 1.75. The van der Waals surface area contributed by atoms with Gasteiger partial charge in [-0.15, -0.1) is 12.4 Å². The maximum atomic E-state index is 11.9. The molecule has 0 aromatic carbocycles. The van der Waals surface area contributed by atoms with E-state index in [1.807, 2.05) is 0 Å². The van der Waals surface area contributed by atoms with Crippen LogP contribution in [0.5, 0.6) is 0 Å². The first-order valence-corrected chi connectivity index (χ1v) is 5.13. The number of hydrogen-bond acceptors (Lipinski definition) is 4. The molecule has 0 spiro atoms. The van der Waals surface area contributed by atoms with Crippen LogP contribution in [0, 0.1) is 6.92 Å². The van der Waals surface area contributed by atoms with E-state index in [1.54, 1.807) is 17.9 Å². The Hall–Kier alpha value is -1.07. The summed E-state index contributed by atoms with van der Waals surface area (Å²) in [6.45, 7) is 6.14. The number of hydrogen-bond donors (Lipinski definition) is 1. The van der Waals surface area contributed by atoms with Gasteiger partial charge in [-0.1, -0.05) is 5.16 Å². The molecule has 0 unspecified atom stereocenters. The first-order chi connectivity index (χ1) is 7.16. The van der Waals surface area contributed by atoms with Gasteiger partial charge in [-0.3, -0.25) is 4.79 Å². The maximum absolute atomic E-state index is 11.9. The van der Waals surface area contributed by atoms with Gasteiger partial charge in [0, 0.05) is 31.7 Å². The Labute approximate surface area is 101 Å². The lowest BCUT2D eigenvalue weighted by atomic mass is 10.2. The van der Waals surface area contributed by atoms with Crippen LogP contribution in [-0.2, 0) is 0 Å². The Morgan fingerprint density at radius 2 is 2.44 bits per heavy atom. The molecule has 2 rings (SSSR count). The minimum atomic E-state index is -0.0415. The van der Waals surface area contributed by atoms with Gasteiger partial charge in [0.25, 0.3) is 5.91 Å². The molecule has 1 aromatic heterocycles. The van der Waals surface area contributed by atoms with Crippen LogP contribution in [0.25, 0.3) is 0 Å². The SMILES string of the molecule is Cc1cc(C(=O)N2CCN[C@@H](C)C2)no1.Cl. The number of halogens is 1. The molecule has 90 valence electrons. The molecule has 0 aliphatic carbocycles. The van der Waals surface area contributed by atoms with Gasteiger partial charge in [-0.05, 0) is 13.8 Å². The second-order valence-corrected chi connectivity index (χ2v) is 3.93. The Kier molecular flexibility index (Phi) is 4.32. The largest absolute Gasteiger partial charge is 0.361 e. The summed E-state index contributed by atoms with van der Waals surface area (Å²) in [4.78, 5) is 13.7. The van der Waals surface area contributed by atoms with Gasteiger partial charge in [0.2, 0.25) is 0 Å². The minimum Gasteiger partial charge on any atom is -0.361 e. The van der Waals surface area contributed by atoms with Crippen molar-refractivity contribution in [3.63, 3.8) is 0 Å². The summed E-state index contributed by atoms with van der Waals surface area (Å²) in [7, 11) is 0. The molecule has 1 aromatic rings. The van der Waals surface area contributed by atoms with Crippen molar-refractivity contribution in [1.82, 2.24) is 15.4 Å². The minimum absolute atomic E-state index is 0. The lowest BCUT2D eigenvalue weighted by Gasteiger charge is -2.31. The highest BCUT2D eigenvalue weighted by molar-refractivity contribution is 5.92. The molecule has 1 aliphatic rings. The van der Waals surface area contributed by atoms with Crippen molar-refractivity contribution in [2.24, 2.45) is 0 Å². The summed E-state index contributed by atoms with van der Waals surface area (Å²) in [6.07, 6.45) is 0. The van der Waals surface area contributed by atoms with Crippen LogP contribution >= 0.6 is 12.4 Å². The fraction of sp³-hybridized carbons (Fsp3) is 0.600. The van der Waals surface area contributed by atoms with Crippen molar-refractivity contribution in [3.8, 4) is 0 Å². The van der Waals surface area contributed by atoms with Gasteiger partial charge in [0.15, 0.2) is 5.69 Å². The standard InChI is InChI=1S/C10H15N3O2.ClH/c1-7-6-13(4-3-11-7)10(14)9-5-8(2)15-12-9;/h5,7,11H,3-4,6H2,1-2H3;1H/t7-;/m0./s1. The summed E-state index contributed by atoms with van der Waals surface area (Å²) in [5.74, 6) is 0.627. The predicted molar refractivity (Wildman–Crippen MR) is 61.9 cm³/mol. The Morgan fingerprint density at radius 1 is 1.69 bits per heavy atom. The zero-order chi connectivity index (χ0) is 10.8. The average molecular weight is 246 g/mol. The molecule has 0 bridgehead atoms. The molecular weight excluding hydrogens is 230 g/mol. The van der Waals surface area contributed by atoms with Crippen LogP contribution in [0.1, 0.15) is 23.2 Å². The third kappa shape index (κ3) is 2.74. The van der Waals surface area contributed by atoms with Gasteiger partial charge in [-0.25, -0.2) is 0 Å². The summed E-state index contributed by atoms with van der Waals surface area (Å²) >= 11 is 0. The molecule has 5 nitrogen and oxygen atoms in total. The van der Waals surface area contributed by atoms with Crippen molar-refractivity contribution in [1.29, 1.82) is 0 Å². The maximum Gasteiger partial charge on any atom is 0.276 e. The van der Waals surface area contributed by atoms with Crippen LogP contribution in [0.3, 0.4) is 0 Å². The third-order valence-corrected chi connectivity index (χ3v) is 2.50. The van der Waals surface area contributed by atoms with E-state index in [2.05, 4.69) is 17.4 Å². The van der Waals surface area contributed by atoms with E-state index in [1.165, 1.54) is 0 Å². The number of amides is 1. The van der Waals surface area contributed by atoms with E-state index >= 15 is 0 Å². The van der Waals surface area contributed by atoms with Crippen molar-refractivity contribution in [2.45, 2.75) is 19.9 Å². The van der Waals surface area contributed by atoms with E-state index in [4.69, 9.17) is 4.52 Å². The molecule has 1 N–H and O–H groups in total. The highest BCUT2D eigenvalue weighted by Crippen LogP contribution is 2.08. The second-order valence-electron chi connectivity index (χ2n) is 3.93. The molecule has 0 radical (unpaired) electrons. The molecule has 1 atom stereocenters. The van der Waals surface area contributed by atoms with Gasteiger partial charge in [0.05, 0.1) is 0 Å². The number of carbonyl (C=O) groups excluding carboxylic acids is 1. The van der Waals surface area contributed by atoms with Crippen LogP contribution in [0.4, 0.5) is 0 Å². The number of rotatable bonds is 1. The van der Waals surface area contributed by atoms with Crippen LogP contribution in [-0.4, -0.2) is 41.6 Å². The molecule has 1 fully saturated rings. The zero-order valence-corrected chi connectivity index (χ0v) is 10.2. The molecule has 0 saturated carbocycles. The smallest absolute Gasteiger partial charge is 0.276 e. The van der Waals surface area contributed by atoms with E-state index in [-0.39, 0.29) is 18.3 Å². The normalized spacial score (nSPS) is 20.4. The number of carbonyl (C=O) groups is 1. The fourth-order valence-electron chi connectivity index (χ4n) is 1.75. The van der Waals surface area contributed by atoms with Crippen molar-refractivity contribution >= 4 is 18.3 Å². The third-order valence-electron chi connectivity index (χ3n) is 2.50. The van der Waals surface area contributed by atoms with Crippen LogP contribution in [0.15, 0.2) is 10.6 Å². The lowest BCUT2D eigenvalue weighted by Crippen LogP contribution is -2.51. The summed E-state index contributed by atoms with van der Waals surface area (Å²) in [5, 5.41) is 7.02. The molecule has 6 heteroatoms. The highest BCUT2D eigenvalue weighted by atomic mass is 35.5. The number of nitrogens with one attached hydrogen (secondary N) is 1. The monoisotopic (exact) mass is 245 g/mol. The number of aromatic nitrogens is 1. The predicted octanol–water partition coefficient (Wildman–Crippen LogP) is 0.839. The molecule has 2 heterocycles. The summed E-state index contributed by atoms with van der Waals surface area (Å²) < 4.78 is 4.89. The Bertz CT molecular complexity index is 367. The molecule has 16 heavy (non-hydrogen) atoms. The highest BCUT2D eigenvalue weighted by Gasteiger charge is 2.23. The Morgan fingerprint density at radius 3 is 3.00 bits per heavy atom. The van der Waals surface area contributed by atoms with Crippen LogP contribution < -0.4 is 5.32 Å². The van der Waals surface area contributed by atoms with Crippen LogP contribution in [0.2, 0.25) is 0 Å². The second kappa shape index (κ2) is 5.32. The van der Waals surface area contributed by atoms with Gasteiger partial charge < -0.3 is 14.7 Å². The van der Waals surface area contributed by atoms with Crippen molar-refractivity contribution in [2.75, 3.05) is 19.6 Å². The first-order valence-electron chi connectivity index (χ1n) is 5.13. The quantitative estimate of drug-likeness (QED) is 0.797. The average Bonchev–Trinajstić information content (AvgIpc) is 2.64. The first kappa shape index (κ1) is 13.0. The molecule has 1 aliphatic heterocycles. The summed E-state index contributed by atoms with van der Waals surface area (Å²) in [6, 6.07) is 2.02. The Balaban J connectivity index is 0.00000128. The van der Waals surface area contributed by atoms with E-state index in [0.29, 0.717) is 17.5 Å². The number of piperazine rings is 1.